The summed E-state index contributed by atoms with van der Waals surface area (Å²) in [6, 6.07) is 1.44. The Bertz CT molecular complexity index is 481. The van der Waals surface area contributed by atoms with Gasteiger partial charge in [0.05, 0.1) is 0 Å². The van der Waals surface area contributed by atoms with Crippen LogP contribution in [0, 0.1) is 6.92 Å². The largest absolute Gasteiger partial charge is 0.364 e. The second-order valence-corrected chi connectivity index (χ2v) is 6.73. The van der Waals surface area contributed by atoms with Crippen LogP contribution < -0.4 is 10.7 Å². The first-order valence-electron chi connectivity index (χ1n) is 5.83. The number of hydrogen-bond donors (Lipinski definition) is 2. The highest BCUT2D eigenvalue weighted by atomic mass is 32.2. The van der Waals surface area contributed by atoms with Crippen molar-refractivity contribution in [3.05, 3.63) is 33.7 Å². The van der Waals surface area contributed by atoms with Gasteiger partial charge in [-0.3, -0.25) is 9.59 Å². The lowest BCUT2D eigenvalue weighted by Crippen LogP contribution is -2.35. The highest BCUT2D eigenvalue weighted by molar-refractivity contribution is 8.06. The maximum Gasteiger partial charge on any atom is 0.256 e. The van der Waals surface area contributed by atoms with E-state index in [0.717, 1.165) is 17.2 Å². The van der Waals surface area contributed by atoms with Crippen LogP contribution in [0.5, 0.6) is 0 Å². The molecule has 0 spiro atoms. The molecule has 1 unspecified atom stereocenters. The first-order chi connectivity index (χ1) is 8.66. The monoisotopic (exact) mass is 284 g/mol. The average Bonchev–Trinajstić information content (AvgIpc) is 2.37. The van der Waals surface area contributed by atoms with Crippen molar-refractivity contribution in [2.24, 2.45) is 0 Å². The van der Waals surface area contributed by atoms with Gasteiger partial charge in [0.25, 0.3) is 5.91 Å². The van der Waals surface area contributed by atoms with Gasteiger partial charge in [-0.25, -0.2) is 0 Å². The Kier molecular flexibility index (Phi) is 4.77. The lowest BCUT2D eigenvalue weighted by molar-refractivity contribution is 0.0953. The summed E-state index contributed by atoms with van der Waals surface area (Å²) in [5.41, 5.74) is 0.722. The molecule has 2 N–H and O–H groups in total. The fraction of sp³-hybridized carbons (Fsp3) is 0.500. The fourth-order valence-corrected chi connectivity index (χ4v) is 4.32. The first kappa shape index (κ1) is 13.5. The van der Waals surface area contributed by atoms with Gasteiger partial charge in [-0.1, -0.05) is 0 Å². The van der Waals surface area contributed by atoms with Gasteiger partial charge < -0.3 is 10.3 Å². The quantitative estimate of drug-likeness (QED) is 0.877. The Hall–Kier alpha value is -0.880. The molecule has 1 saturated heterocycles. The van der Waals surface area contributed by atoms with Crippen molar-refractivity contribution in [3.63, 3.8) is 0 Å². The van der Waals surface area contributed by atoms with Crippen LogP contribution in [-0.4, -0.2) is 39.9 Å². The van der Waals surface area contributed by atoms with Crippen LogP contribution in [0.3, 0.4) is 0 Å². The van der Waals surface area contributed by atoms with Gasteiger partial charge in [0.15, 0.2) is 5.43 Å². The third-order valence-corrected chi connectivity index (χ3v) is 5.52. The Morgan fingerprint density at radius 1 is 1.56 bits per heavy atom. The smallest absolute Gasteiger partial charge is 0.256 e. The third kappa shape index (κ3) is 3.55. The van der Waals surface area contributed by atoms with E-state index in [1.165, 1.54) is 18.0 Å². The summed E-state index contributed by atoms with van der Waals surface area (Å²) >= 11 is 3.80. The number of carbonyl (C=O) groups excluding carboxylic acids is 1. The number of rotatable bonds is 3. The van der Waals surface area contributed by atoms with E-state index in [-0.39, 0.29) is 16.9 Å². The van der Waals surface area contributed by atoms with E-state index in [0.29, 0.717) is 11.8 Å². The summed E-state index contributed by atoms with van der Waals surface area (Å²) in [4.78, 5) is 26.4. The van der Waals surface area contributed by atoms with Gasteiger partial charge in [0.2, 0.25) is 0 Å². The van der Waals surface area contributed by atoms with Crippen molar-refractivity contribution in [1.29, 1.82) is 0 Å². The van der Waals surface area contributed by atoms with E-state index in [1.807, 2.05) is 23.5 Å². The molecule has 1 atom stereocenters. The standard InChI is InChI=1S/C12H16N2O2S2/c1-8-4-11(15)10(6-13-8)12(16)14-5-9-7-17-2-3-18-9/h4,6,9H,2-3,5,7H2,1H3,(H,13,15)(H,14,16). The number of thioether (sulfide) groups is 2. The summed E-state index contributed by atoms with van der Waals surface area (Å²) in [6.07, 6.45) is 1.48. The summed E-state index contributed by atoms with van der Waals surface area (Å²) in [6.45, 7) is 2.42. The van der Waals surface area contributed by atoms with E-state index in [9.17, 15) is 9.59 Å². The van der Waals surface area contributed by atoms with Crippen LogP contribution in [-0.2, 0) is 0 Å². The van der Waals surface area contributed by atoms with Crippen LogP contribution in [0.2, 0.25) is 0 Å². The van der Waals surface area contributed by atoms with E-state index in [4.69, 9.17) is 0 Å². The molecule has 1 aliphatic heterocycles. The number of aromatic nitrogens is 1. The summed E-state index contributed by atoms with van der Waals surface area (Å²) in [7, 11) is 0. The predicted molar refractivity (Wildman–Crippen MR) is 77.7 cm³/mol. The maximum atomic E-state index is 11.9. The van der Waals surface area contributed by atoms with Crippen LogP contribution >= 0.6 is 23.5 Å². The van der Waals surface area contributed by atoms with Crippen LogP contribution in [0.15, 0.2) is 17.1 Å². The molecule has 0 bridgehead atoms. The number of aromatic amines is 1. The van der Waals surface area contributed by atoms with Crippen molar-refractivity contribution < 1.29 is 4.79 Å². The van der Waals surface area contributed by atoms with Crippen molar-refractivity contribution in [2.75, 3.05) is 23.8 Å². The molecular weight excluding hydrogens is 268 g/mol. The Morgan fingerprint density at radius 2 is 2.39 bits per heavy atom. The molecule has 2 heterocycles. The summed E-state index contributed by atoms with van der Waals surface area (Å²) < 4.78 is 0. The number of aryl methyl sites for hydroxylation is 1. The van der Waals surface area contributed by atoms with Gasteiger partial charge in [0, 0.05) is 47.0 Å². The molecule has 18 heavy (non-hydrogen) atoms. The minimum atomic E-state index is -0.285. The number of hydrogen-bond acceptors (Lipinski definition) is 4. The zero-order valence-corrected chi connectivity index (χ0v) is 11.8. The number of H-pyrrole nitrogens is 1. The molecule has 4 nitrogen and oxygen atoms in total. The number of amides is 1. The van der Waals surface area contributed by atoms with Crippen molar-refractivity contribution >= 4 is 29.4 Å². The van der Waals surface area contributed by atoms with E-state index >= 15 is 0 Å². The van der Waals surface area contributed by atoms with Gasteiger partial charge in [0.1, 0.15) is 5.56 Å². The fourth-order valence-electron chi connectivity index (χ4n) is 1.71. The van der Waals surface area contributed by atoms with E-state index < -0.39 is 0 Å². The van der Waals surface area contributed by atoms with Crippen molar-refractivity contribution in [1.82, 2.24) is 10.3 Å². The topological polar surface area (TPSA) is 62.0 Å². The zero-order chi connectivity index (χ0) is 13.0. The van der Waals surface area contributed by atoms with Crippen LogP contribution in [0.1, 0.15) is 16.1 Å². The molecule has 1 aromatic heterocycles. The molecular formula is C12H16N2O2S2. The minimum Gasteiger partial charge on any atom is -0.364 e. The normalized spacial score (nSPS) is 19.5. The van der Waals surface area contributed by atoms with Crippen molar-refractivity contribution in [2.45, 2.75) is 12.2 Å². The molecule has 0 aliphatic carbocycles. The van der Waals surface area contributed by atoms with Crippen LogP contribution in [0.25, 0.3) is 0 Å². The molecule has 1 amide bonds. The van der Waals surface area contributed by atoms with E-state index in [2.05, 4.69) is 10.3 Å². The molecule has 1 fully saturated rings. The number of pyridine rings is 1. The molecule has 1 aliphatic rings. The van der Waals surface area contributed by atoms with Gasteiger partial charge >= 0.3 is 0 Å². The van der Waals surface area contributed by atoms with Crippen molar-refractivity contribution in [3.8, 4) is 0 Å². The lowest BCUT2D eigenvalue weighted by atomic mass is 10.2. The maximum absolute atomic E-state index is 11.9. The average molecular weight is 284 g/mol. The van der Waals surface area contributed by atoms with Gasteiger partial charge in [-0.2, -0.15) is 23.5 Å². The SMILES string of the molecule is Cc1cc(=O)c(C(=O)NCC2CSCCS2)c[nH]1. The zero-order valence-electron chi connectivity index (χ0n) is 10.2. The molecule has 0 saturated carbocycles. The molecule has 98 valence electrons. The molecule has 1 aromatic rings. The van der Waals surface area contributed by atoms with Gasteiger partial charge in [-0.15, -0.1) is 0 Å². The number of nitrogens with one attached hydrogen (secondary N) is 2. The number of carbonyl (C=O) groups is 1. The van der Waals surface area contributed by atoms with E-state index in [1.54, 1.807) is 6.92 Å². The lowest BCUT2D eigenvalue weighted by Gasteiger charge is -2.20. The Labute approximate surface area is 114 Å². The summed E-state index contributed by atoms with van der Waals surface area (Å²) in [5.74, 6) is 3.10. The Balaban J connectivity index is 1.93. The molecule has 2 rings (SSSR count). The summed E-state index contributed by atoms with van der Waals surface area (Å²) in [5, 5.41) is 3.29. The Morgan fingerprint density at radius 3 is 3.06 bits per heavy atom. The first-order valence-corrected chi connectivity index (χ1v) is 8.04. The predicted octanol–water partition coefficient (Wildman–Crippen LogP) is 1.26. The second-order valence-electron chi connectivity index (χ2n) is 4.17. The van der Waals surface area contributed by atoms with Gasteiger partial charge in [-0.05, 0) is 6.92 Å². The highest BCUT2D eigenvalue weighted by Gasteiger charge is 2.16. The molecule has 0 radical (unpaired) electrons. The highest BCUT2D eigenvalue weighted by Crippen LogP contribution is 2.23. The third-order valence-electron chi connectivity index (χ3n) is 2.68. The molecule has 6 heteroatoms. The molecule has 0 aromatic carbocycles. The second kappa shape index (κ2) is 6.33. The minimum absolute atomic E-state index is 0.189. The van der Waals surface area contributed by atoms with Crippen LogP contribution in [0.4, 0.5) is 0 Å².